The number of aldehydes is 2. The van der Waals surface area contributed by atoms with Gasteiger partial charge in [-0.1, -0.05) is 0 Å². The van der Waals surface area contributed by atoms with Crippen LogP contribution in [0, 0.1) is 6.42 Å². The topological polar surface area (TPSA) is 34.1 Å². The van der Waals surface area contributed by atoms with Crippen molar-refractivity contribution in [3.05, 3.63) is 6.42 Å². The number of unbranched alkanes of at least 4 members (excludes halogenated alkanes) is 1. The minimum atomic E-state index is 0.240. The van der Waals surface area contributed by atoms with Gasteiger partial charge in [-0.05, 0) is 0 Å². The van der Waals surface area contributed by atoms with Crippen LogP contribution in [0.1, 0.15) is 6.42 Å². The van der Waals surface area contributed by atoms with Crippen LogP contribution in [0.2, 0.25) is 0 Å². The SMILES string of the molecule is O=C[CH+]CC=O. The van der Waals surface area contributed by atoms with Gasteiger partial charge in [-0.15, -0.1) is 0 Å². The highest BCUT2D eigenvalue weighted by molar-refractivity contribution is 5.67. The van der Waals surface area contributed by atoms with Gasteiger partial charge in [0.05, 0.1) is 0 Å². The summed E-state index contributed by atoms with van der Waals surface area (Å²) >= 11 is 0. The number of carbonyl (C=O) groups excluding carboxylic acids is 2. The number of carbonyl (C=O) groups is 2. The molecule has 0 aliphatic carbocycles. The molecule has 0 rings (SSSR count). The third kappa shape index (κ3) is 3.21. The molecular formula is C4H5O2+. The number of rotatable bonds is 3. The van der Waals surface area contributed by atoms with Gasteiger partial charge in [-0.2, -0.15) is 0 Å². The maximum absolute atomic E-state index is 9.37. The smallest absolute Gasteiger partial charge is 0.295 e. The van der Waals surface area contributed by atoms with Crippen LogP contribution in [0.15, 0.2) is 0 Å². The molecule has 0 aromatic heterocycles. The molecule has 0 fully saturated rings. The van der Waals surface area contributed by atoms with Crippen LogP contribution in [0.4, 0.5) is 0 Å². The van der Waals surface area contributed by atoms with Gasteiger partial charge in [-0.25, -0.2) is 4.79 Å². The summed E-state index contributed by atoms with van der Waals surface area (Å²) in [5.41, 5.74) is 0. The lowest BCUT2D eigenvalue weighted by atomic mass is 10.4. The first-order valence-corrected chi connectivity index (χ1v) is 1.62. The molecule has 0 heterocycles. The molecule has 0 amide bonds. The summed E-state index contributed by atoms with van der Waals surface area (Å²) in [5.74, 6) is 0. The first kappa shape index (κ1) is 5.21. The average Bonchev–Trinajstić information content (AvgIpc) is 1.61. The first-order valence-electron chi connectivity index (χ1n) is 1.62. The van der Waals surface area contributed by atoms with Crippen molar-refractivity contribution in [3.8, 4) is 0 Å². The van der Waals surface area contributed by atoms with Crippen molar-refractivity contribution >= 4 is 12.6 Å². The predicted octanol–water partition coefficient (Wildman–Crippen LogP) is -0.0214. The molecule has 2 heteroatoms. The van der Waals surface area contributed by atoms with E-state index in [9.17, 15) is 9.59 Å². The predicted molar refractivity (Wildman–Crippen MR) is 21.0 cm³/mol. The average molecular weight is 85.1 g/mol. The first-order chi connectivity index (χ1) is 2.91. The Morgan fingerprint density at radius 1 is 1.50 bits per heavy atom. The van der Waals surface area contributed by atoms with Crippen molar-refractivity contribution in [3.63, 3.8) is 0 Å². The van der Waals surface area contributed by atoms with Crippen molar-refractivity contribution in [1.29, 1.82) is 0 Å². The Labute approximate surface area is 36.2 Å². The largest absolute Gasteiger partial charge is 0.299 e. The van der Waals surface area contributed by atoms with Crippen molar-refractivity contribution in [2.45, 2.75) is 6.42 Å². The second-order valence-corrected chi connectivity index (χ2v) is 0.774. The van der Waals surface area contributed by atoms with E-state index < -0.39 is 0 Å². The van der Waals surface area contributed by atoms with Crippen LogP contribution in [0.25, 0.3) is 0 Å². The maximum Gasteiger partial charge on any atom is 0.295 e. The van der Waals surface area contributed by atoms with Gasteiger partial charge in [0.15, 0.2) is 19.1 Å². The highest BCUT2D eigenvalue weighted by Gasteiger charge is 1.87. The minimum Gasteiger partial charge on any atom is -0.299 e. The monoisotopic (exact) mass is 85.0 g/mol. The number of hydrogen-bond acceptors (Lipinski definition) is 2. The molecule has 0 bridgehead atoms. The second-order valence-electron chi connectivity index (χ2n) is 0.774. The van der Waals surface area contributed by atoms with E-state index in [1.54, 1.807) is 0 Å². The van der Waals surface area contributed by atoms with Crippen molar-refractivity contribution in [1.82, 2.24) is 0 Å². The third-order valence-electron chi connectivity index (χ3n) is 0.329. The quantitative estimate of drug-likeness (QED) is 0.274. The maximum atomic E-state index is 9.37. The Bertz CT molecular complexity index is 41.5. The molecule has 0 aliphatic heterocycles. The molecule has 0 saturated heterocycles. The van der Waals surface area contributed by atoms with Crippen LogP contribution in [0.5, 0.6) is 0 Å². The van der Waals surface area contributed by atoms with Crippen LogP contribution in [-0.2, 0) is 9.59 Å². The normalized spacial score (nSPS) is 6.67. The fraction of sp³-hybridized carbons (Fsp3) is 0.250. The standard InChI is InChI=1S/C4H5O2/c5-3-1-2-4-6/h1,3-4H,2H2/q+1. The molecule has 0 saturated carbocycles. The Balaban J connectivity index is 2.66. The molecule has 0 atom stereocenters. The van der Waals surface area contributed by atoms with E-state index >= 15 is 0 Å². The lowest BCUT2D eigenvalue weighted by Gasteiger charge is -1.56. The van der Waals surface area contributed by atoms with Gasteiger partial charge >= 0.3 is 0 Å². The summed E-state index contributed by atoms with van der Waals surface area (Å²) < 4.78 is 0. The Kier molecular flexibility index (Phi) is 3.66. The van der Waals surface area contributed by atoms with E-state index in [0.29, 0.717) is 12.6 Å². The van der Waals surface area contributed by atoms with Crippen LogP contribution in [0.3, 0.4) is 0 Å². The van der Waals surface area contributed by atoms with E-state index in [2.05, 4.69) is 0 Å². The van der Waals surface area contributed by atoms with Crippen molar-refractivity contribution in [2.75, 3.05) is 0 Å². The van der Waals surface area contributed by atoms with Gasteiger partial charge in [-0.3, -0.25) is 4.79 Å². The van der Waals surface area contributed by atoms with Crippen LogP contribution in [-0.4, -0.2) is 12.6 Å². The van der Waals surface area contributed by atoms with Gasteiger partial charge in [0.25, 0.3) is 6.29 Å². The molecule has 6 heavy (non-hydrogen) atoms. The molecular weight excluding hydrogens is 80.0 g/mol. The zero-order valence-corrected chi connectivity index (χ0v) is 3.26. The Morgan fingerprint density at radius 2 is 2.17 bits per heavy atom. The van der Waals surface area contributed by atoms with Gasteiger partial charge < -0.3 is 0 Å². The zero-order chi connectivity index (χ0) is 4.83. The van der Waals surface area contributed by atoms with E-state index in [4.69, 9.17) is 0 Å². The summed E-state index contributed by atoms with van der Waals surface area (Å²) in [6.45, 7) is 0. The van der Waals surface area contributed by atoms with Crippen LogP contribution < -0.4 is 0 Å². The lowest BCUT2D eigenvalue weighted by Crippen LogP contribution is -1.75. The lowest BCUT2D eigenvalue weighted by molar-refractivity contribution is -0.109. The minimum absolute atomic E-state index is 0.240. The zero-order valence-electron chi connectivity index (χ0n) is 3.26. The molecule has 0 spiro atoms. The number of hydrogen-bond donors (Lipinski definition) is 0. The fourth-order valence-corrected chi connectivity index (χ4v) is 0.111. The molecule has 0 radical (unpaired) electrons. The molecule has 0 unspecified atom stereocenters. The summed E-state index contributed by atoms with van der Waals surface area (Å²) in [6.07, 6.45) is 2.78. The Morgan fingerprint density at radius 3 is 2.33 bits per heavy atom. The second kappa shape index (κ2) is 4.21. The highest BCUT2D eigenvalue weighted by Crippen LogP contribution is 1.70. The van der Waals surface area contributed by atoms with E-state index in [-0.39, 0.29) is 6.42 Å². The Hall–Kier alpha value is -0.790. The van der Waals surface area contributed by atoms with E-state index in [1.807, 2.05) is 0 Å². The van der Waals surface area contributed by atoms with Gasteiger partial charge in [0.2, 0.25) is 0 Å². The van der Waals surface area contributed by atoms with Gasteiger partial charge in [0, 0.05) is 0 Å². The highest BCUT2D eigenvalue weighted by atomic mass is 16.1. The summed E-state index contributed by atoms with van der Waals surface area (Å²) in [4.78, 5) is 18.7. The molecule has 0 aromatic rings. The van der Waals surface area contributed by atoms with Crippen LogP contribution >= 0.6 is 0 Å². The molecule has 32 valence electrons. The molecule has 0 aliphatic rings. The van der Waals surface area contributed by atoms with Crippen molar-refractivity contribution in [2.24, 2.45) is 0 Å². The molecule has 0 N–H and O–H groups in total. The van der Waals surface area contributed by atoms with Crippen molar-refractivity contribution < 1.29 is 9.59 Å². The summed E-state index contributed by atoms with van der Waals surface area (Å²) in [6, 6.07) is 0. The molecule has 0 aromatic carbocycles. The fourth-order valence-electron chi connectivity index (χ4n) is 0.111. The third-order valence-corrected chi connectivity index (χ3v) is 0.329. The summed E-state index contributed by atoms with van der Waals surface area (Å²) in [7, 11) is 0. The van der Waals surface area contributed by atoms with Gasteiger partial charge in [0.1, 0.15) is 0 Å². The molecule has 2 nitrogen and oxygen atoms in total. The summed E-state index contributed by atoms with van der Waals surface area (Å²) in [5, 5.41) is 0. The van der Waals surface area contributed by atoms with E-state index in [1.165, 1.54) is 6.42 Å². The van der Waals surface area contributed by atoms with E-state index in [0.717, 1.165) is 0 Å².